The standard InChI is InChI=1S/C20H18N4O2S2/c1-3-4-16-23-24-18(21)15(19(25)22-20(24)28-16)11-13-7-10-17(26-13)27-14-8-5-12(2)6-9-14/h5-11,21H,3-4H2,1-2H3. The quantitative estimate of drug-likeness (QED) is 0.689. The van der Waals surface area contributed by atoms with E-state index < -0.39 is 5.91 Å². The van der Waals surface area contributed by atoms with Gasteiger partial charge in [0.05, 0.1) is 5.57 Å². The maximum atomic E-state index is 12.4. The van der Waals surface area contributed by atoms with Gasteiger partial charge in [0.15, 0.2) is 10.9 Å². The Balaban J connectivity index is 1.54. The summed E-state index contributed by atoms with van der Waals surface area (Å²) in [4.78, 5) is 17.6. The number of carbonyl (C=O) groups is 1. The highest BCUT2D eigenvalue weighted by Gasteiger charge is 2.35. The molecule has 1 aromatic heterocycles. The van der Waals surface area contributed by atoms with E-state index >= 15 is 0 Å². The molecular formula is C20H18N4O2S2. The Hall–Kier alpha value is -2.58. The molecule has 0 fully saturated rings. The first-order chi connectivity index (χ1) is 13.5. The van der Waals surface area contributed by atoms with Crippen LogP contribution in [0.25, 0.3) is 6.08 Å². The molecule has 1 N–H and O–H groups in total. The van der Waals surface area contributed by atoms with Crippen molar-refractivity contribution in [3.63, 3.8) is 0 Å². The second-order valence-electron chi connectivity index (χ2n) is 6.34. The van der Waals surface area contributed by atoms with E-state index in [1.165, 1.54) is 34.1 Å². The van der Waals surface area contributed by atoms with Gasteiger partial charge in [-0.15, -0.1) is 0 Å². The number of nitrogens with one attached hydrogen (secondary N) is 1. The van der Waals surface area contributed by atoms with Crippen LogP contribution in [-0.2, 0) is 4.79 Å². The Bertz CT molecular complexity index is 1030. The summed E-state index contributed by atoms with van der Waals surface area (Å²) in [6.45, 7) is 4.11. The van der Waals surface area contributed by atoms with Crippen molar-refractivity contribution in [3.05, 3.63) is 53.3 Å². The van der Waals surface area contributed by atoms with Gasteiger partial charge in [-0.2, -0.15) is 15.1 Å². The number of carbonyl (C=O) groups excluding carboxylic acids is 1. The molecule has 142 valence electrons. The Kier molecular flexibility index (Phi) is 5.23. The lowest BCUT2D eigenvalue weighted by Crippen LogP contribution is -2.35. The summed E-state index contributed by atoms with van der Waals surface area (Å²) in [6, 6.07) is 11.8. The molecule has 0 bridgehead atoms. The first kappa shape index (κ1) is 18.8. The van der Waals surface area contributed by atoms with Crippen LogP contribution in [-0.4, -0.2) is 27.0 Å². The molecule has 2 aliphatic heterocycles. The van der Waals surface area contributed by atoms with E-state index in [1.807, 2.05) is 37.3 Å². The summed E-state index contributed by atoms with van der Waals surface area (Å²) in [6.07, 6.45) is 3.31. The first-order valence-electron chi connectivity index (χ1n) is 8.87. The summed E-state index contributed by atoms with van der Waals surface area (Å²) in [5, 5.41) is 16.2. The van der Waals surface area contributed by atoms with Crippen molar-refractivity contribution in [1.29, 1.82) is 5.41 Å². The molecule has 6 nitrogen and oxygen atoms in total. The van der Waals surface area contributed by atoms with Crippen molar-refractivity contribution in [2.24, 2.45) is 10.1 Å². The highest BCUT2D eigenvalue weighted by molar-refractivity contribution is 8.26. The van der Waals surface area contributed by atoms with E-state index in [0.717, 1.165) is 27.9 Å². The monoisotopic (exact) mass is 410 g/mol. The molecule has 4 rings (SSSR count). The highest BCUT2D eigenvalue weighted by atomic mass is 32.2. The van der Waals surface area contributed by atoms with Gasteiger partial charge in [0, 0.05) is 4.90 Å². The molecule has 1 amide bonds. The Morgan fingerprint density at radius 3 is 2.79 bits per heavy atom. The number of aliphatic imine (C=N–C) groups is 1. The molecule has 2 aliphatic rings. The largest absolute Gasteiger partial charge is 0.450 e. The van der Waals surface area contributed by atoms with Crippen LogP contribution < -0.4 is 0 Å². The number of nitrogens with zero attached hydrogens (tertiary/aromatic N) is 3. The molecule has 28 heavy (non-hydrogen) atoms. The van der Waals surface area contributed by atoms with Gasteiger partial charge in [0.25, 0.3) is 5.91 Å². The van der Waals surface area contributed by atoms with Crippen molar-refractivity contribution in [1.82, 2.24) is 5.01 Å². The fourth-order valence-corrected chi connectivity index (χ4v) is 4.44. The molecule has 0 saturated carbocycles. The second kappa shape index (κ2) is 7.81. The number of thioether (sulfide) groups is 1. The first-order valence-corrected chi connectivity index (χ1v) is 10.5. The predicted molar refractivity (Wildman–Crippen MR) is 114 cm³/mol. The van der Waals surface area contributed by atoms with Crippen molar-refractivity contribution in [2.45, 2.75) is 36.7 Å². The van der Waals surface area contributed by atoms with Crippen LogP contribution in [0.15, 0.2) is 66.5 Å². The number of hydrogen-bond donors (Lipinski definition) is 1. The number of hydrogen-bond acceptors (Lipinski definition) is 6. The zero-order chi connectivity index (χ0) is 19.7. The molecule has 8 heteroatoms. The summed E-state index contributed by atoms with van der Waals surface area (Å²) in [7, 11) is 0. The van der Waals surface area contributed by atoms with Gasteiger partial charge < -0.3 is 4.42 Å². The molecule has 3 heterocycles. The summed E-state index contributed by atoms with van der Waals surface area (Å²) in [5.74, 6) is 0.0875. The molecule has 0 radical (unpaired) electrons. The molecule has 0 aliphatic carbocycles. The highest BCUT2D eigenvalue weighted by Crippen LogP contribution is 2.32. The van der Waals surface area contributed by atoms with Crippen LogP contribution in [0, 0.1) is 12.3 Å². The topological polar surface area (TPSA) is 82.0 Å². The maximum Gasteiger partial charge on any atom is 0.283 e. The molecule has 0 spiro atoms. The number of benzene rings is 1. The van der Waals surface area contributed by atoms with Crippen LogP contribution in [0.4, 0.5) is 0 Å². The van der Waals surface area contributed by atoms with Gasteiger partial charge in [0.2, 0.25) is 5.17 Å². The van der Waals surface area contributed by atoms with Gasteiger partial charge >= 0.3 is 0 Å². The van der Waals surface area contributed by atoms with Crippen LogP contribution in [0.2, 0.25) is 0 Å². The number of rotatable bonds is 5. The molecular weight excluding hydrogens is 392 g/mol. The molecule has 0 unspecified atom stereocenters. The Morgan fingerprint density at radius 2 is 2.04 bits per heavy atom. The molecule has 0 saturated heterocycles. The maximum absolute atomic E-state index is 12.4. The number of furan rings is 1. The Labute approximate surface area is 171 Å². The van der Waals surface area contributed by atoms with E-state index in [1.54, 1.807) is 12.1 Å². The number of hydrazone groups is 1. The third-order valence-corrected chi connectivity index (χ3v) is 5.99. The number of fused-ring (bicyclic) bond motifs is 1. The lowest BCUT2D eigenvalue weighted by molar-refractivity contribution is -0.114. The van der Waals surface area contributed by atoms with Crippen LogP contribution >= 0.6 is 23.5 Å². The average molecular weight is 411 g/mol. The lowest BCUT2D eigenvalue weighted by atomic mass is 10.1. The number of aryl methyl sites for hydroxylation is 1. The summed E-state index contributed by atoms with van der Waals surface area (Å²) in [5.41, 5.74) is 1.38. The van der Waals surface area contributed by atoms with Gasteiger partial charge in [-0.05, 0) is 61.9 Å². The van der Waals surface area contributed by atoms with E-state index in [9.17, 15) is 4.79 Å². The zero-order valence-corrected chi connectivity index (χ0v) is 17.1. The van der Waals surface area contributed by atoms with Gasteiger partial charge in [-0.1, -0.05) is 36.4 Å². The second-order valence-corrected chi connectivity index (χ2v) is 8.45. The number of amides is 1. The zero-order valence-electron chi connectivity index (χ0n) is 15.4. The molecule has 2 aromatic rings. The van der Waals surface area contributed by atoms with Crippen molar-refractivity contribution >= 4 is 51.6 Å². The minimum absolute atomic E-state index is 0.0257. The fourth-order valence-electron chi connectivity index (χ4n) is 2.68. The van der Waals surface area contributed by atoms with E-state index in [0.29, 0.717) is 10.9 Å². The average Bonchev–Trinajstić information content (AvgIpc) is 3.28. The van der Waals surface area contributed by atoms with Crippen LogP contribution in [0.1, 0.15) is 31.1 Å². The van der Waals surface area contributed by atoms with Crippen molar-refractivity contribution in [2.75, 3.05) is 0 Å². The smallest absolute Gasteiger partial charge is 0.283 e. The van der Waals surface area contributed by atoms with Crippen LogP contribution in [0.3, 0.4) is 0 Å². The van der Waals surface area contributed by atoms with Crippen LogP contribution in [0.5, 0.6) is 0 Å². The van der Waals surface area contributed by atoms with E-state index in [2.05, 4.69) is 17.0 Å². The molecule has 1 aromatic carbocycles. The normalized spacial score (nSPS) is 17.8. The van der Waals surface area contributed by atoms with E-state index in [4.69, 9.17) is 9.83 Å². The third-order valence-electron chi connectivity index (χ3n) is 4.09. The predicted octanol–water partition coefficient (Wildman–Crippen LogP) is 5.16. The van der Waals surface area contributed by atoms with Crippen molar-refractivity contribution in [3.8, 4) is 0 Å². The summed E-state index contributed by atoms with van der Waals surface area (Å²) >= 11 is 2.86. The van der Waals surface area contributed by atoms with Gasteiger partial charge in [0.1, 0.15) is 10.8 Å². The van der Waals surface area contributed by atoms with Crippen molar-refractivity contribution < 1.29 is 9.21 Å². The third kappa shape index (κ3) is 3.83. The minimum Gasteiger partial charge on any atom is -0.450 e. The summed E-state index contributed by atoms with van der Waals surface area (Å²) < 4.78 is 5.82. The van der Waals surface area contributed by atoms with Gasteiger partial charge in [-0.3, -0.25) is 10.2 Å². The SMILES string of the molecule is CCCC1=NN2C(=N)C(=Cc3ccc(Sc4ccc(C)cc4)o3)C(=O)N=C2S1. The minimum atomic E-state index is -0.444. The fraction of sp³-hybridized carbons (Fsp3) is 0.200. The lowest BCUT2D eigenvalue weighted by Gasteiger charge is -2.19. The Morgan fingerprint density at radius 1 is 1.25 bits per heavy atom. The van der Waals surface area contributed by atoms with Gasteiger partial charge in [-0.25, -0.2) is 0 Å². The molecule has 0 atom stereocenters. The van der Waals surface area contributed by atoms with E-state index in [-0.39, 0.29) is 11.4 Å². The number of amidine groups is 2.